The summed E-state index contributed by atoms with van der Waals surface area (Å²) in [6, 6.07) is 0. The molecule has 1 aliphatic rings. The summed E-state index contributed by atoms with van der Waals surface area (Å²) in [7, 11) is 2.00. The maximum Gasteiger partial charge on any atom is 0.138 e. The molecule has 0 aliphatic heterocycles. The zero-order chi connectivity index (χ0) is 15.5. The molecule has 1 aliphatic carbocycles. The minimum atomic E-state index is 0.470. The van der Waals surface area contributed by atoms with Crippen molar-refractivity contribution in [1.82, 2.24) is 20.1 Å². The highest BCUT2D eigenvalue weighted by molar-refractivity contribution is 4.93. The second kappa shape index (κ2) is 6.91. The van der Waals surface area contributed by atoms with Gasteiger partial charge in [-0.2, -0.15) is 5.10 Å². The number of aryl methyl sites for hydroxylation is 1. The van der Waals surface area contributed by atoms with E-state index < -0.39 is 0 Å². The molecule has 2 rings (SSSR count). The van der Waals surface area contributed by atoms with Gasteiger partial charge in [0, 0.05) is 13.5 Å². The molecular formula is C17H32N4. The van der Waals surface area contributed by atoms with Gasteiger partial charge < -0.3 is 5.32 Å². The molecule has 1 fully saturated rings. The van der Waals surface area contributed by atoms with E-state index in [1.54, 1.807) is 6.33 Å². The summed E-state index contributed by atoms with van der Waals surface area (Å²) in [4.78, 5) is 4.43. The molecule has 0 saturated heterocycles. The highest BCUT2D eigenvalue weighted by Crippen LogP contribution is 2.42. The number of rotatable bonds is 6. The lowest BCUT2D eigenvalue weighted by molar-refractivity contribution is 0.113. The van der Waals surface area contributed by atoms with E-state index >= 15 is 0 Å². The summed E-state index contributed by atoms with van der Waals surface area (Å²) in [5.41, 5.74) is 0.470. The SMILES string of the molecule is CC(C)CNCC1CCC(C)(C)CC1Cc1ncnn1C. The van der Waals surface area contributed by atoms with E-state index in [0.29, 0.717) is 5.41 Å². The van der Waals surface area contributed by atoms with Gasteiger partial charge in [0.05, 0.1) is 0 Å². The lowest BCUT2D eigenvalue weighted by Gasteiger charge is -2.41. The molecule has 2 atom stereocenters. The molecule has 1 heterocycles. The van der Waals surface area contributed by atoms with Crippen LogP contribution in [0.4, 0.5) is 0 Å². The van der Waals surface area contributed by atoms with E-state index in [2.05, 4.69) is 43.1 Å². The highest BCUT2D eigenvalue weighted by atomic mass is 15.3. The third-order valence-corrected chi connectivity index (χ3v) is 4.88. The number of hydrogen-bond acceptors (Lipinski definition) is 3. The Morgan fingerprint density at radius 1 is 1.38 bits per heavy atom. The summed E-state index contributed by atoms with van der Waals surface area (Å²) in [6.45, 7) is 11.6. The van der Waals surface area contributed by atoms with Gasteiger partial charge in [0.1, 0.15) is 12.2 Å². The van der Waals surface area contributed by atoms with Crippen molar-refractivity contribution in [3.05, 3.63) is 12.2 Å². The first-order valence-corrected chi connectivity index (χ1v) is 8.41. The summed E-state index contributed by atoms with van der Waals surface area (Å²) < 4.78 is 1.93. The maximum atomic E-state index is 4.43. The summed E-state index contributed by atoms with van der Waals surface area (Å²) >= 11 is 0. The van der Waals surface area contributed by atoms with Gasteiger partial charge in [-0.3, -0.25) is 4.68 Å². The predicted octanol–water partition coefficient (Wildman–Crippen LogP) is 3.05. The molecule has 0 aromatic carbocycles. The molecule has 2 unspecified atom stereocenters. The standard InChI is InChI=1S/C17H32N4/c1-13(2)10-18-11-14-6-7-17(3,4)9-15(14)8-16-19-12-20-21(16)5/h12-15,18H,6-11H2,1-5H3. The fraction of sp³-hybridized carbons (Fsp3) is 0.882. The Labute approximate surface area is 129 Å². The van der Waals surface area contributed by atoms with Gasteiger partial charge in [0.25, 0.3) is 0 Å². The fourth-order valence-electron chi connectivity index (χ4n) is 3.59. The lowest BCUT2D eigenvalue weighted by Crippen LogP contribution is -2.38. The Morgan fingerprint density at radius 2 is 2.14 bits per heavy atom. The average molecular weight is 292 g/mol. The van der Waals surface area contributed by atoms with Crippen molar-refractivity contribution in [3.8, 4) is 0 Å². The van der Waals surface area contributed by atoms with Gasteiger partial charge in [-0.1, -0.05) is 27.7 Å². The summed E-state index contributed by atoms with van der Waals surface area (Å²) in [5, 5.41) is 7.88. The van der Waals surface area contributed by atoms with Crippen LogP contribution < -0.4 is 5.32 Å². The Kier molecular flexibility index (Phi) is 5.42. The zero-order valence-electron chi connectivity index (χ0n) is 14.4. The third-order valence-electron chi connectivity index (χ3n) is 4.88. The fourth-order valence-corrected chi connectivity index (χ4v) is 3.59. The van der Waals surface area contributed by atoms with Crippen LogP contribution in [-0.4, -0.2) is 27.9 Å². The predicted molar refractivity (Wildman–Crippen MR) is 87.0 cm³/mol. The molecule has 120 valence electrons. The maximum absolute atomic E-state index is 4.43. The van der Waals surface area contributed by atoms with Crippen LogP contribution >= 0.6 is 0 Å². The van der Waals surface area contributed by atoms with Crippen LogP contribution in [0.15, 0.2) is 6.33 Å². The van der Waals surface area contributed by atoms with Crippen LogP contribution in [0.2, 0.25) is 0 Å². The monoisotopic (exact) mass is 292 g/mol. The smallest absolute Gasteiger partial charge is 0.138 e. The van der Waals surface area contributed by atoms with E-state index in [4.69, 9.17) is 0 Å². The largest absolute Gasteiger partial charge is 0.316 e. The van der Waals surface area contributed by atoms with Crippen molar-refractivity contribution in [2.75, 3.05) is 13.1 Å². The topological polar surface area (TPSA) is 42.7 Å². The highest BCUT2D eigenvalue weighted by Gasteiger charge is 2.35. The van der Waals surface area contributed by atoms with Gasteiger partial charge in [-0.25, -0.2) is 4.98 Å². The Morgan fingerprint density at radius 3 is 2.76 bits per heavy atom. The van der Waals surface area contributed by atoms with Crippen molar-refractivity contribution in [3.63, 3.8) is 0 Å². The number of nitrogens with zero attached hydrogens (tertiary/aromatic N) is 3. The molecule has 1 N–H and O–H groups in total. The van der Waals surface area contributed by atoms with Crippen LogP contribution in [0.1, 0.15) is 52.8 Å². The number of aromatic nitrogens is 3. The van der Waals surface area contributed by atoms with Crippen molar-refractivity contribution in [1.29, 1.82) is 0 Å². The molecule has 0 amide bonds. The molecule has 4 heteroatoms. The van der Waals surface area contributed by atoms with E-state index in [1.807, 2.05) is 11.7 Å². The Balaban J connectivity index is 1.98. The molecule has 1 saturated carbocycles. The van der Waals surface area contributed by atoms with E-state index in [9.17, 15) is 0 Å². The molecule has 0 bridgehead atoms. The molecule has 0 radical (unpaired) electrons. The van der Waals surface area contributed by atoms with Crippen molar-refractivity contribution in [2.45, 2.75) is 53.4 Å². The van der Waals surface area contributed by atoms with E-state index in [-0.39, 0.29) is 0 Å². The number of nitrogens with one attached hydrogen (secondary N) is 1. The van der Waals surface area contributed by atoms with Gasteiger partial charge in [-0.15, -0.1) is 0 Å². The van der Waals surface area contributed by atoms with E-state index in [0.717, 1.165) is 43.1 Å². The molecule has 0 spiro atoms. The average Bonchev–Trinajstić information content (AvgIpc) is 2.77. The van der Waals surface area contributed by atoms with Gasteiger partial charge in [-0.05, 0) is 55.5 Å². The minimum Gasteiger partial charge on any atom is -0.316 e. The minimum absolute atomic E-state index is 0.470. The molecule has 1 aromatic heterocycles. The zero-order valence-corrected chi connectivity index (χ0v) is 14.4. The first kappa shape index (κ1) is 16.5. The van der Waals surface area contributed by atoms with Crippen LogP contribution in [0, 0.1) is 23.2 Å². The first-order valence-electron chi connectivity index (χ1n) is 8.41. The Bertz CT molecular complexity index is 436. The van der Waals surface area contributed by atoms with E-state index in [1.165, 1.54) is 19.3 Å². The number of hydrogen-bond donors (Lipinski definition) is 1. The Hall–Kier alpha value is -0.900. The van der Waals surface area contributed by atoms with Crippen LogP contribution in [0.3, 0.4) is 0 Å². The second-order valence-corrected chi connectivity index (χ2v) is 7.98. The normalized spacial score (nSPS) is 25.4. The van der Waals surface area contributed by atoms with Crippen LogP contribution in [0.25, 0.3) is 0 Å². The summed E-state index contributed by atoms with van der Waals surface area (Å²) in [6.07, 6.45) is 6.72. The molecule has 4 nitrogen and oxygen atoms in total. The molecule has 1 aromatic rings. The van der Waals surface area contributed by atoms with Gasteiger partial charge in [0.15, 0.2) is 0 Å². The second-order valence-electron chi connectivity index (χ2n) is 7.98. The molecular weight excluding hydrogens is 260 g/mol. The molecule has 21 heavy (non-hydrogen) atoms. The first-order chi connectivity index (χ1) is 9.87. The van der Waals surface area contributed by atoms with Crippen molar-refractivity contribution < 1.29 is 0 Å². The lowest BCUT2D eigenvalue weighted by atomic mass is 9.66. The van der Waals surface area contributed by atoms with Crippen LogP contribution in [-0.2, 0) is 13.5 Å². The van der Waals surface area contributed by atoms with Gasteiger partial charge in [0.2, 0.25) is 0 Å². The third kappa shape index (κ3) is 4.80. The quantitative estimate of drug-likeness (QED) is 0.876. The van der Waals surface area contributed by atoms with Crippen molar-refractivity contribution >= 4 is 0 Å². The van der Waals surface area contributed by atoms with Crippen molar-refractivity contribution in [2.24, 2.45) is 30.2 Å². The van der Waals surface area contributed by atoms with Crippen LogP contribution in [0.5, 0.6) is 0 Å². The van der Waals surface area contributed by atoms with Gasteiger partial charge >= 0.3 is 0 Å². The summed E-state index contributed by atoms with van der Waals surface area (Å²) in [5.74, 6) is 3.35.